The summed E-state index contributed by atoms with van der Waals surface area (Å²) in [6.45, 7) is 1.40. The van der Waals surface area contributed by atoms with Crippen molar-refractivity contribution in [2.45, 2.75) is 6.54 Å². The van der Waals surface area contributed by atoms with Gasteiger partial charge in [-0.05, 0) is 24.7 Å². The zero-order valence-corrected chi connectivity index (χ0v) is 10.2. The number of rotatable bonds is 5. The molecular weight excluding hydrogens is 229 g/mol. The monoisotopic (exact) mass is 243 g/mol. The molecule has 1 aromatic carbocycles. The number of nitrogens with zero attached hydrogens (tertiary/aromatic N) is 1. The summed E-state index contributed by atoms with van der Waals surface area (Å²) in [5, 5.41) is 0. The summed E-state index contributed by atoms with van der Waals surface area (Å²) in [6, 6.07) is 4.97. The van der Waals surface area contributed by atoms with Crippen LogP contribution in [0, 0.1) is 5.82 Å². The number of halogens is 2. The molecule has 4 heteroatoms. The lowest BCUT2D eigenvalue weighted by Crippen LogP contribution is -2.17. The Labute approximate surface area is 100 Å². The van der Waals surface area contributed by atoms with Crippen molar-refractivity contribution in [3.8, 4) is 5.75 Å². The van der Waals surface area contributed by atoms with E-state index in [-0.39, 0.29) is 11.6 Å². The molecule has 0 aliphatic rings. The van der Waals surface area contributed by atoms with Crippen LogP contribution in [0.15, 0.2) is 29.8 Å². The lowest BCUT2D eigenvalue weighted by Gasteiger charge is -2.14. The van der Waals surface area contributed by atoms with E-state index in [0.717, 1.165) is 12.1 Å². The van der Waals surface area contributed by atoms with Crippen LogP contribution in [0.1, 0.15) is 5.56 Å². The van der Waals surface area contributed by atoms with Gasteiger partial charge in [0.05, 0.1) is 7.11 Å². The smallest absolute Gasteiger partial charge is 0.165 e. The molecule has 0 aliphatic heterocycles. The maximum atomic E-state index is 13.4. The third kappa shape index (κ3) is 3.83. The molecule has 1 rings (SSSR count). The average Bonchev–Trinajstić information content (AvgIpc) is 2.26. The van der Waals surface area contributed by atoms with Crippen LogP contribution in [0.3, 0.4) is 0 Å². The van der Waals surface area contributed by atoms with E-state index < -0.39 is 0 Å². The van der Waals surface area contributed by atoms with E-state index in [4.69, 9.17) is 16.3 Å². The lowest BCUT2D eigenvalue weighted by atomic mass is 10.2. The van der Waals surface area contributed by atoms with Crippen LogP contribution in [-0.4, -0.2) is 25.6 Å². The summed E-state index contributed by atoms with van der Waals surface area (Å²) in [7, 11) is 3.40. The summed E-state index contributed by atoms with van der Waals surface area (Å²) in [6.07, 6.45) is 1.83. The molecule has 0 saturated carbocycles. The molecule has 0 saturated heterocycles. The third-order valence-corrected chi connectivity index (χ3v) is 2.35. The van der Waals surface area contributed by atoms with Crippen LogP contribution in [-0.2, 0) is 6.54 Å². The molecule has 0 spiro atoms. The van der Waals surface area contributed by atoms with Gasteiger partial charge in [-0.1, -0.05) is 23.7 Å². The van der Waals surface area contributed by atoms with Crippen molar-refractivity contribution in [1.82, 2.24) is 4.90 Å². The number of methoxy groups -OCH3 is 1. The van der Waals surface area contributed by atoms with E-state index in [0.29, 0.717) is 6.54 Å². The molecule has 2 nitrogen and oxygen atoms in total. The van der Waals surface area contributed by atoms with Crippen LogP contribution in [0.4, 0.5) is 4.39 Å². The van der Waals surface area contributed by atoms with Gasteiger partial charge in [0, 0.05) is 18.6 Å². The van der Waals surface area contributed by atoms with Gasteiger partial charge in [0.25, 0.3) is 0 Å². The van der Waals surface area contributed by atoms with E-state index in [1.165, 1.54) is 18.7 Å². The normalized spacial score (nSPS) is 11.3. The Morgan fingerprint density at radius 2 is 2.25 bits per heavy atom. The van der Waals surface area contributed by atoms with E-state index in [2.05, 4.69) is 0 Å². The standard InChI is InChI=1S/C12H15ClFNO/c1-15(7-3-6-13)9-10-4-5-12(16-2)11(14)8-10/h3-6,8H,7,9H2,1-2H3/b6-3+. The van der Waals surface area contributed by atoms with Crippen molar-refractivity contribution in [2.75, 3.05) is 20.7 Å². The van der Waals surface area contributed by atoms with Crippen molar-refractivity contribution >= 4 is 11.6 Å². The molecule has 16 heavy (non-hydrogen) atoms. The Hall–Kier alpha value is -1.06. The maximum absolute atomic E-state index is 13.4. The van der Waals surface area contributed by atoms with Gasteiger partial charge in [0.15, 0.2) is 11.6 Å². The Morgan fingerprint density at radius 3 is 2.81 bits per heavy atom. The second-order valence-corrected chi connectivity index (χ2v) is 3.78. The van der Waals surface area contributed by atoms with Crippen molar-refractivity contribution in [3.63, 3.8) is 0 Å². The molecule has 0 fully saturated rings. The zero-order chi connectivity index (χ0) is 12.0. The molecule has 0 amide bonds. The van der Waals surface area contributed by atoms with Gasteiger partial charge in [-0.25, -0.2) is 4.39 Å². The molecule has 0 unspecified atom stereocenters. The van der Waals surface area contributed by atoms with Crippen molar-refractivity contribution < 1.29 is 9.13 Å². The molecule has 0 heterocycles. The fourth-order valence-electron chi connectivity index (χ4n) is 1.40. The molecule has 0 atom stereocenters. The number of benzene rings is 1. The highest BCUT2D eigenvalue weighted by atomic mass is 35.5. The first-order chi connectivity index (χ1) is 7.67. The first-order valence-corrected chi connectivity index (χ1v) is 5.37. The maximum Gasteiger partial charge on any atom is 0.165 e. The number of hydrogen-bond donors (Lipinski definition) is 0. The van der Waals surface area contributed by atoms with Gasteiger partial charge in [-0.15, -0.1) is 0 Å². The van der Waals surface area contributed by atoms with E-state index in [1.54, 1.807) is 6.07 Å². The van der Waals surface area contributed by atoms with E-state index in [1.807, 2.05) is 24.1 Å². The number of likely N-dealkylation sites (N-methyl/N-ethyl adjacent to an activating group) is 1. The van der Waals surface area contributed by atoms with Gasteiger partial charge >= 0.3 is 0 Å². The molecule has 0 aliphatic carbocycles. The van der Waals surface area contributed by atoms with Crippen molar-refractivity contribution in [1.29, 1.82) is 0 Å². The summed E-state index contributed by atoms with van der Waals surface area (Å²) in [5.74, 6) is -0.0617. The minimum atomic E-state index is -0.332. The summed E-state index contributed by atoms with van der Waals surface area (Å²) < 4.78 is 18.2. The first kappa shape index (κ1) is 13.0. The second-order valence-electron chi connectivity index (χ2n) is 3.53. The molecule has 0 N–H and O–H groups in total. The molecule has 0 bridgehead atoms. The summed E-state index contributed by atoms with van der Waals surface area (Å²) >= 11 is 5.43. The van der Waals surface area contributed by atoms with Crippen molar-refractivity contribution in [2.24, 2.45) is 0 Å². The number of ether oxygens (including phenoxy) is 1. The minimum absolute atomic E-state index is 0.270. The largest absolute Gasteiger partial charge is 0.494 e. The Morgan fingerprint density at radius 1 is 1.50 bits per heavy atom. The molecule has 1 aromatic rings. The molecule has 0 radical (unpaired) electrons. The predicted octanol–water partition coefficient (Wildman–Crippen LogP) is 3.02. The van der Waals surface area contributed by atoms with Gasteiger partial charge in [-0.2, -0.15) is 0 Å². The van der Waals surface area contributed by atoms with Gasteiger partial charge in [0.2, 0.25) is 0 Å². The summed E-state index contributed by atoms with van der Waals surface area (Å²) in [4.78, 5) is 2.03. The van der Waals surface area contributed by atoms with Crippen LogP contribution in [0.25, 0.3) is 0 Å². The van der Waals surface area contributed by atoms with Gasteiger partial charge in [0.1, 0.15) is 0 Å². The topological polar surface area (TPSA) is 12.5 Å². The van der Waals surface area contributed by atoms with Crippen LogP contribution in [0.5, 0.6) is 5.75 Å². The Bertz CT molecular complexity index is 368. The zero-order valence-electron chi connectivity index (χ0n) is 9.41. The van der Waals surface area contributed by atoms with Gasteiger partial charge in [-0.3, -0.25) is 4.90 Å². The SMILES string of the molecule is COc1ccc(CN(C)C/C=C/Cl)cc1F. The van der Waals surface area contributed by atoms with Crippen LogP contribution >= 0.6 is 11.6 Å². The average molecular weight is 244 g/mol. The van der Waals surface area contributed by atoms with E-state index >= 15 is 0 Å². The highest BCUT2D eigenvalue weighted by Gasteiger charge is 2.04. The molecular formula is C12H15ClFNO. The highest BCUT2D eigenvalue weighted by Crippen LogP contribution is 2.18. The Balaban J connectivity index is 2.64. The highest BCUT2D eigenvalue weighted by molar-refractivity contribution is 6.25. The lowest BCUT2D eigenvalue weighted by molar-refractivity contribution is 0.359. The third-order valence-electron chi connectivity index (χ3n) is 2.17. The molecule has 0 aromatic heterocycles. The summed E-state index contributed by atoms with van der Waals surface area (Å²) in [5.41, 5.74) is 2.38. The van der Waals surface area contributed by atoms with Crippen molar-refractivity contribution in [3.05, 3.63) is 41.2 Å². The predicted molar refractivity (Wildman–Crippen MR) is 64.3 cm³/mol. The number of hydrogen-bond acceptors (Lipinski definition) is 2. The molecule has 88 valence electrons. The van der Waals surface area contributed by atoms with Gasteiger partial charge < -0.3 is 4.74 Å². The quantitative estimate of drug-likeness (QED) is 0.788. The van der Waals surface area contributed by atoms with Crippen LogP contribution < -0.4 is 4.74 Å². The minimum Gasteiger partial charge on any atom is -0.494 e. The van der Waals surface area contributed by atoms with Crippen LogP contribution in [0.2, 0.25) is 0 Å². The van der Waals surface area contributed by atoms with E-state index in [9.17, 15) is 4.39 Å². The fraction of sp³-hybridized carbons (Fsp3) is 0.333. The Kier molecular flexibility index (Phi) is 5.29. The first-order valence-electron chi connectivity index (χ1n) is 4.93. The fourth-order valence-corrected chi connectivity index (χ4v) is 1.48. The second kappa shape index (κ2) is 6.51.